The minimum absolute atomic E-state index is 0.0550. The molecule has 1 N–H and O–H groups in total. The number of amides is 2. The summed E-state index contributed by atoms with van der Waals surface area (Å²) in [5.41, 5.74) is 3.48. The third kappa shape index (κ3) is 3.65. The molecule has 1 aliphatic heterocycles. The summed E-state index contributed by atoms with van der Waals surface area (Å²) in [6, 6.07) is 14.9. The largest absolute Gasteiger partial charge is 0.348 e. The van der Waals surface area contributed by atoms with Crippen molar-refractivity contribution in [2.45, 2.75) is 26.3 Å². The minimum Gasteiger partial charge on any atom is -0.348 e. The van der Waals surface area contributed by atoms with Crippen molar-refractivity contribution in [3.63, 3.8) is 0 Å². The molecule has 24 heavy (non-hydrogen) atoms. The van der Waals surface area contributed by atoms with Gasteiger partial charge in [0.25, 0.3) is 11.8 Å². The van der Waals surface area contributed by atoms with Gasteiger partial charge in [-0.15, -0.1) is 0 Å². The molecule has 0 unspecified atom stereocenters. The van der Waals surface area contributed by atoms with Gasteiger partial charge in [0.1, 0.15) is 0 Å². The highest BCUT2D eigenvalue weighted by molar-refractivity contribution is 5.97. The molecule has 0 saturated carbocycles. The highest BCUT2D eigenvalue weighted by atomic mass is 16.2. The Hall–Kier alpha value is -2.62. The Kier molecular flexibility index (Phi) is 4.94. The predicted molar refractivity (Wildman–Crippen MR) is 93.9 cm³/mol. The summed E-state index contributed by atoms with van der Waals surface area (Å²) >= 11 is 0. The summed E-state index contributed by atoms with van der Waals surface area (Å²) in [6.07, 6.45) is 2.15. The first-order chi connectivity index (χ1) is 11.6. The highest BCUT2D eigenvalue weighted by Gasteiger charge is 2.19. The maximum Gasteiger partial charge on any atom is 0.253 e. The lowest BCUT2D eigenvalue weighted by Crippen LogP contribution is -2.27. The molecule has 1 fully saturated rings. The number of carbonyl (C=O) groups excluding carboxylic acids is 2. The Balaban J connectivity index is 1.61. The molecule has 1 aliphatic rings. The topological polar surface area (TPSA) is 49.4 Å². The molecule has 2 amide bonds. The first-order valence-corrected chi connectivity index (χ1v) is 8.37. The van der Waals surface area contributed by atoms with Crippen LogP contribution >= 0.6 is 0 Å². The van der Waals surface area contributed by atoms with E-state index >= 15 is 0 Å². The Morgan fingerprint density at radius 3 is 2.25 bits per heavy atom. The van der Waals surface area contributed by atoms with Crippen LogP contribution in [0.4, 0.5) is 0 Å². The predicted octanol–water partition coefficient (Wildman–Crippen LogP) is 3.16. The fraction of sp³-hybridized carbons (Fsp3) is 0.300. The molecular formula is C20H22N2O2. The van der Waals surface area contributed by atoms with Crippen LogP contribution in [-0.4, -0.2) is 29.8 Å². The number of nitrogens with zero attached hydrogens (tertiary/aromatic N) is 1. The average molecular weight is 322 g/mol. The summed E-state index contributed by atoms with van der Waals surface area (Å²) in [7, 11) is 0. The van der Waals surface area contributed by atoms with E-state index in [4.69, 9.17) is 0 Å². The Bertz CT molecular complexity index is 732. The molecule has 0 atom stereocenters. The molecule has 3 rings (SSSR count). The highest BCUT2D eigenvalue weighted by Crippen LogP contribution is 2.14. The lowest BCUT2D eigenvalue weighted by molar-refractivity contribution is 0.0792. The first kappa shape index (κ1) is 16.2. The van der Waals surface area contributed by atoms with Crippen LogP contribution in [0.5, 0.6) is 0 Å². The standard InChI is InChI=1S/C20H22N2O2/c1-15-6-2-3-7-18(15)14-21-19(23)16-8-10-17(11-9-16)20(24)22-12-4-5-13-22/h2-3,6-11H,4-5,12-14H2,1H3,(H,21,23). The number of hydrogen-bond acceptors (Lipinski definition) is 2. The van der Waals surface area contributed by atoms with Crippen LogP contribution in [0.1, 0.15) is 44.7 Å². The third-order valence-electron chi connectivity index (χ3n) is 4.49. The maximum absolute atomic E-state index is 12.3. The molecule has 0 radical (unpaired) electrons. The van der Waals surface area contributed by atoms with Gasteiger partial charge in [0.05, 0.1) is 0 Å². The van der Waals surface area contributed by atoms with E-state index in [-0.39, 0.29) is 11.8 Å². The van der Waals surface area contributed by atoms with Crippen molar-refractivity contribution in [3.8, 4) is 0 Å². The van der Waals surface area contributed by atoms with Gasteiger partial charge in [0.2, 0.25) is 0 Å². The molecule has 4 heteroatoms. The molecule has 0 aliphatic carbocycles. The quantitative estimate of drug-likeness (QED) is 0.940. The molecule has 124 valence electrons. The van der Waals surface area contributed by atoms with Crippen molar-refractivity contribution in [3.05, 3.63) is 70.8 Å². The first-order valence-electron chi connectivity index (χ1n) is 8.37. The molecule has 1 saturated heterocycles. The smallest absolute Gasteiger partial charge is 0.253 e. The van der Waals surface area contributed by atoms with Gasteiger partial charge in [-0.3, -0.25) is 9.59 Å². The summed E-state index contributed by atoms with van der Waals surface area (Å²) in [6.45, 7) is 4.19. The SMILES string of the molecule is Cc1ccccc1CNC(=O)c1ccc(C(=O)N2CCCC2)cc1. The number of carbonyl (C=O) groups is 2. The van der Waals surface area contributed by atoms with Crippen LogP contribution in [0.25, 0.3) is 0 Å². The van der Waals surface area contributed by atoms with E-state index in [1.54, 1.807) is 24.3 Å². The zero-order valence-corrected chi connectivity index (χ0v) is 13.9. The fourth-order valence-corrected chi connectivity index (χ4v) is 2.95. The molecule has 2 aromatic rings. The maximum atomic E-state index is 12.3. The van der Waals surface area contributed by atoms with Crippen LogP contribution in [0.3, 0.4) is 0 Å². The van der Waals surface area contributed by atoms with E-state index in [1.807, 2.05) is 36.1 Å². The second-order valence-electron chi connectivity index (χ2n) is 6.19. The monoisotopic (exact) mass is 322 g/mol. The number of aryl methyl sites for hydroxylation is 1. The van der Waals surface area contributed by atoms with Gasteiger partial charge in [0, 0.05) is 30.8 Å². The Labute approximate surface area is 142 Å². The van der Waals surface area contributed by atoms with Crippen LogP contribution in [0.2, 0.25) is 0 Å². The number of hydrogen-bond donors (Lipinski definition) is 1. The van der Waals surface area contributed by atoms with Gasteiger partial charge >= 0.3 is 0 Å². The van der Waals surface area contributed by atoms with Gasteiger partial charge < -0.3 is 10.2 Å². The molecule has 0 aromatic heterocycles. The number of benzene rings is 2. The molecule has 1 heterocycles. The second-order valence-corrected chi connectivity index (χ2v) is 6.19. The normalized spacial score (nSPS) is 13.8. The Morgan fingerprint density at radius 1 is 0.958 bits per heavy atom. The van der Waals surface area contributed by atoms with Crippen molar-refractivity contribution in [1.29, 1.82) is 0 Å². The lowest BCUT2D eigenvalue weighted by Gasteiger charge is -2.15. The molecular weight excluding hydrogens is 300 g/mol. The van der Waals surface area contributed by atoms with E-state index < -0.39 is 0 Å². The fourth-order valence-electron chi connectivity index (χ4n) is 2.95. The van der Waals surface area contributed by atoms with Crippen LogP contribution in [-0.2, 0) is 6.54 Å². The Morgan fingerprint density at radius 2 is 1.58 bits per heavy atom. The third-order valence-corrected chi connectivity index (χ3v) is 4.49. The zero-order valence-electron chi connectivity index (χ0n) is 13.9. The van der Waals surface area contributed by atoms with E-state index in [9.17, 15) is 9.59 Å². The van der Waals surface area contributed by atoms with E-state index in [2.05, 4.69) is 5.32 Å². The van der Waals surface area contributed by atoms with Crippen LogP contribution in [0.15, 0.2) is 48.5 Å². The lowest BCUT2D eigenvalue weighted by atomic mass is 10.1. The van der Waals surface area contributed by atoms with E-state index in [1.165, 1.54) is 0 Å². The van der Waals surface area contributed by atoms with Crippen LogP contribution < -0.4 is 5.32 Å². The van der Waals surface area contributed by atoms with Crippen LogP contribution in [0, 0.1) is 6.92 Å². The van der Waals surface area contributed by atoms with Gasteiger partial charge in [-0.1, -0.05) is 24.3 Å². The molecule has 2 aromatic carbocycles. The van der Waals surface area contributed by atoms with Gasteiger partial charge in [-0.05, 0) is 55.2 Å². The number of nitrogens with one attached hydrogen (secondary N) is 1. The van der Waals surface area contributed by atoms with Crippen molar-refractivity contribution < 1.29 is 9.59 Å². The van der Waals surface area contributed by atoms with Crippen molar-refractivity contribution in [2.75, 3.05) is 13.1 Å². The van der Waals surface area contributed by atoms with E-state index in [0.29, 0.717) is 17.7 Å². The summed E-state index contributed by atoms with van der Waals surface area (Å²) in [5.74, 6) is -0.0715. The van der Waals surface area contributed by atoms with Crippen molar-refractivity contribution >= 4 is 11.8 Å². The molecule has 0 spiro atoms. The summed E-state index contributed by atoms with van der Waals surface area (Å²) < 4.78 is 0. The number of likely N-dealkylation sites (tertiary alicyclic amines) is 1. The minimum atomic E-state index is -0.126. The summed E-state index contributed by atoms with van der Waals surface area (Å²) in [4.78, 5) is 26.4. The van der Waals surface area contributed by atoms with E-state index in [0.717, 1.165) is 37.1 Å². The zero-order chi connectivity index (χ0) is 16.9. The van der Waals surface area contributed by atoms with Gasteiger partial charge in [-0.25, -0.2) is 0 Å². The van der Waals surface area contributed by atoms with Gasteiger partial charge in [0.15, 0.2) is 0 Å². The average Bonchev–Trinajstić information content (AvgIpc) is 3.15. The van der Waals surface area contributed by atoms with Crippen molar-refractivity contribution in [2.24, 2.45) is 0 Å². The van der Waals surface area contributed by atoms with Crippen molar-refractivity contribution in [1.82, 2.24) is 10.2 Å². The summed E-state index contributed by atoms with van der Waals surface area (Å²) in [5, 5.41) is 2.93. The second kappa shape index (κ2) is 7.30. The number of rotatable bonds is 4. The molecule has 0 bridgehead atoms. The van der Waals surface area contributed by atoms with Gasteiger partial charge in [-0.2, -0.15) is 0 Å². The molecule has 4 nitrogen and oxygen atoms in total.